The Morgan fingerprint density at radius 1 is 1.42 bits per heavy atom. The molecule has 0 aliphatic carbocycles. The average molecular weight is 297 g/mol. The third-order valence-corrected chi connectivity index (χ3v) is 3.88. The highest BCUT2D eigenvalue weighted by molar-refractivity contribution is 7.13. The second-order valence-electron chi connectivity index (χ2n) is 4.50. The fraction of sp³-hybridized carbons (Fsp3) is 0.357. The Bertz CT molecular complexity index is 554. The molecule has 0 amide bonds. The molecule has 1 heterocycles. The molecule has 0 aliphatic rings. The van der Waals surface area contributed by atoms with Gasteiger partial charge in [0.2, 0.25) is 0 Å². The summed E-state index contributed by atoms with van der Waals surface area (Å²) in [4.78, 5) is 4.61. The minimum absolute atomic E-state index is 0.444. The minimum Gasteiger partial charge on any atom is -0.496 e. The lowest BCUT2D eigenvalue weighted by atomic mass is 10.2. The van der Waals surface area contributed by atoms with E-state index in [1.165, 1.54) is 0 Å². The Morgan fingerprint density at radius 3 is 2.89 bits per heavy atom. The summed E-state index contributed by atoms with van der Waals surface area (Å²) in [5.74, 6) is 0.755. The van der Waals surface area contributed by atoms with E-state index in [1.807, 2.05) is 23.6 Å². The maximum Gasteiger partial charge on any atom is 0.130 e. The topological polar surface area (TPSA) is 34.1 Å². The van der Waals surface area contributed by atoms with Crippen molar-refractivity contribution in [2.45, 2.75) is 26.4 Å². The van der Waals surface area contributed by atoms with E-state index < -0.39 is 0 Å². The summed E-state index contributed by atoms with van der Waals surface area (Å²) in [5.41, 5.74) is 1.89. The Hall–Kier alpha value is -1.10. The number of rotatable bonds is 5. The van der Waals surface area contributed by atoms with Gasteiger partial charge in [-0.05, 0) is 12.1 Å². The summed E-state index contributed by atoms with van der Waals surface area (Å²) in [5, 5.41) is 6.95. The molecule has 1 aromatic heterocycles. The number of thiazole rings is 1. The predicted octanol–water partition coefficient (Wildman–Crippen LogP) is 3.97. The molecular formula is C14H17ClN2OS. The molecule has 3 nitrogen and oxygen atoms in total. The van der Waals surface area contributed by atoms with Crippen LogP contribution in [-0.2, 0) is 6.54 Å². The summed E-state index contributed by atoms with van der Waals surface area (Å²) in [7, 11) is 1.64. The zero-order chi connectivity index (χ0) is 13.8. The number of halogens is 1. The smallest absolute Gasteiger partial charge is 0.130 e. The molecule has 0 aliphatic heterocycles. The van der Waals surface area contributed by atoms with E-state index in [0.717, 1.165) is 28.6 Å². The van der Waals surface area contributed by atoms with Crippen molar-refractivity contribution in [2.75, 3.05) is 7.11 Å². The zero-order valence-corrected chi connectivity index (χ0v) is 12.8. The summed E-state index contributed by atoms with van der Waals surface area (Å²) < 4.78 is 5.35. The molecule has 1 aromatic carbocycles. The van der Waals surface area contributed by atoms with Gasteiger partial charge in [0.25, 0.3) is 0 Å². The van der Waals surface area contributed by atoms with Gasteiger partial charge in [0, 0.05) is 18.0 Å². The Morgan fingerprint density at radius 2 is 2.21 bits per heavy atom. The Kier molecular flexibility index (Phi) is 4.80. The van der Waals surface area contributed by atoms with Crippen LogP contribution < -0.4 is 10.1 Å². The van der Waals surface area contributed by atoms with E-state index in [0.29, 0.717) is 11.1 Å². The van der Waals surface area contributed by atoms with Gasteiger partial charge in [-0.3, -0.25) is 0 Å². The van der Waals surface area contributed by atoms with E-state index in [4.69, 9.17) is 16.3 Å². The first-order valence-electron chi connectivity index (χ1n) is 6.12. The summed E-state index contributed by atoms with van der Waals surface area (Å²) >= 11 is 7.83. The van der Waals surface area contributed by atoms with Gasteiger partial charge in [0.05, 0.1) is 23.4 Å². The summed E-state index contributed by atoms with van der Waals surface area (Å²) in [6.07, 6.45) is 0. The SMILES string of the molecule is COc1cccc(Cl)c1-c1nc(CNC(C)C)cs1. The molecule has 2 aromatic rings. The van der Waals surface area contributed by atoms with Crippen LogP contribution in [0.25, 0.3) is 10.6 Å². The van der Waals surface area contributed by atoms with Crippen molar-refractivity contribution in [3.63, 3.8) is 0 Å². The van der Waals surface area contributed by atoms with Crippen molar-refractivity contribution in [1.82, 2.24) is 10.3 Å². The van der Waals surface area contributed by atoms with E-state index >= 15 is 0 Å². The van der Waals surface area contributed by atoms with Crippen molar-refractivity contribution in [3.8, 4) is 16.3 Å². The van der Waals surface area contributed by atoms with Crippen molar-refractivity contribution in [3.05, 3.63) is 34.3 Å². The number of nitrogens with one attached hydrogen (secondary N) is 1. The van der Waals surface area contributed by atoms with Gasteiger partial charge >= 0.3 is 0 Å². The zero-order valence-electron chi connectivity index (χ0n) is 11.2. The third kappa shape index (κ3) is 3.47. The molecule has 0 spiro atoms. The highest BCUT2D eigenvalue weighted by atomic mass is 35.5. The lowest BCUT2D eigenvalue weighted by Crippen LogP contribution is -2.21. The van der Waals surface area contributed by atoms with Crippen LogP contribution in [0.15, 0.2) is 23.6 Å². The molecule has 0 radical (unpaired) electrons. The molecule has 0 saturated carbocycles. The van der Waals surface area contributed by atoms with Gasteiger partial charge in [0.15, 0.2) is 0 Å². The maximum absolute atomic E-state index is 6.25. The first kappa shape index (κ1) is 14.3. The third-order valence-electron chi connectivity index (χ3n) is 2.65. The molecule has 0 bridgehead atoms. The van der Waals surface area contributed by atoms with Crippen molar-refractivity contribution >= 4 is 22.9 Å². The van der Waals surface area contributed by atoms with Gasteiger partial charge in [-0.25, -0.2) is 4.98 Å². The molecule has 0 fully saturated rings. The highest BCUT2D eigenvalue weighted by Crippen LogP contribution is 2.37. The number of hydrogen-bond donors (Lipinski definition) is 1. The molecule has 0 unspecified atom stereocenters. The van der Waals surface area contributed by atoms with Crippen LogP contribution in [0.2, 0.25) is 5.02 Å². The molecule has 0 saturated heterocycles. The van der Waals surface area contributed by atoms with Crippen LogP contribution in [0.4, 0.5) is 0 Å². The Labute approximate surface area is 122 Å². The van der Waals surface area contributed by atoms with E-state index in [-0.39, 0.29) is 0 Å². The number of nitrogens with zero attached hydrogens (tertiary/aromatic N) is 1. The molecule has 0 atom stereocenters. The van der Waals surface area contributed by atoms with E-state index in [9.17, 15) is 0 Å². The van der Waals surface area contributed by atoms with Gasteiger partial charge in [-0.1, -0.05) is 31.5 Å². The normalized spacial score (nSPS) is 11.0. The first-order valence-corrected chi connectivity index (χ1v) is 7.38. The number of ether oxygens (including phenoxy) is 1. The van der Waals surface area contributed by atoms with Crippen molar-refractivity contribution in [2.24, 2.45) is 0 Å². The lowest BCUT2D eigenvalue weighted by Gasteiger charge is -2.07. The van der Waals surface area contributed by atoms with Gasteiger partial charge in [-0.15, -0.1) is 11.3 Å². The summed E-state index contributed by atoms with van der Waals surface area (Å²) in [6.45, 7) is 5.00. The molecular weight excluding hydrogens is 280 g/mol. The van der Waals surface area contributed by atoms with Gasteiger partial charge < -0.3 is 10.1 Å². The highest BCUT2D eigenvalue weighted by Gasteiger charge is 2.14. The lowest BCUT2D eigenvalue weighted by molar-refractivity contribution is 0.416. The van der Waals surface area contributed by atoms with Crippen molar-refractivity contribution < 1.29 is 4.74 Å². The monoisotopic (exact) mass is 296 g/mol. The Balaban J connectivity index is 2.28. The number of benzene rings is 1. The quantitative estimate of drug-likeness (QED) is 0.906. The van der Waals surface area contributed by atoms with Crippen LogP contribution in [-0.4, -0.2) is 18.1 Å². The molecule has 1 N–H and O–H groups in total. The molecule has 102 valence electrons. The molecule has 2 rings (SSSR count). The second kappa shape index (κ2) is 6.37. The van der Waals surface area contributed by atoms with Gasteiger partial charge in [-0.2, -0.15) is 0 Å². The first-order chi connectivity index (χ1) is 9.11. The van der Waals surface area contributed by atoms with Crippen molar-refractivity contribution in [1.29, 1.82) is 0 Å². The van der Waals surface area contributed by atoms with E-state index in [1.54, 1.807) is 18.4 Å². The second-order valence-corrected chi connectivity index (χ2v) is 5.76. The van der Waals surface area contributed by atoms with E-state index in [2.05, 4.69) is 24.1 Å². The van der Waals surface area contributed by atoms with Crippen LogP contribution in [0.3, 0.4) is 0 Å². The molecule has 19 heavy (non-hydrogen) atoms. The maximum atomic E-state index is 6.25. The fourth-order valence-corrected chi connectivity index (χ4v) is 2.89. The van der Waals surface area contributed by atoms with Crippen LogP contribution in [0.5, 0.6) is 5.75 Å². The number of methoxy groups -OCH3 is 1. The summed E-state index contributed by atoms with van der Waals surface area (Å²) in [6, 6.07) is 6.07. The average Bonchev–Trinajstić information content (AvgIpc) is 2.84. The fourth-order valence-electron chi connectivity index (χ4n) is 1.69. The van der Waals surface area contributed by atoms with Crippen LogP contribution in [0.1, 0.15) is 19.5 Å². The molecule has 5 heteroatoms. The van der Waals surface area contributed by atoms with Crippen LogP contribution >= 0.6 is 22.9 Å². The minimum atomic E-state index is 0.444. The van der Waals surface area contributed by atoms with Gasteiger partial charge in [0.1, 0.15) is 10.8 Å². The predicted molar refractivity (Wildman–Crippen MR) is 81.1 cm³/mol. The largest absolute Gasteiger partial charge is 0.496 e. The van der Waals surface area contributed by atoms with Crippen LogP contribution in [0, 0.1) is 0 Å². The standard InChI is InChI=1S/C14H17ClN2OS/c1-9(2)16-7-10-8-19-14(17-10)13-11(15)5-4-6-12(13)18-3/h4-6,8-9,16H,7H2,1-3H3. The number of aromatic nitrogens is 1. The number of hydrogen-bond acceptors (Lipinski definition) is 4.